The monoisotopic (exact) mass is 200 g/mol. The zero-order chi connectivity index (χ0) is 9.99. The van der Waals surface area contributed by atoms with Gasteiger partial charge in [-0.05, 0) is 0 Å². The summed E-state index contributed by atoms with van der Waals surface area (Å²) in [5, 5.41) is 0. The van der Waals surface area contributed by atoms with Gasteiger partial charge in [0.25, 0.3) is 6.36 Å². The second kappa shape index (κ2) is 3.46. The van der Waals surface area contributed by atoms with Crippen molar-refractivity contribution >= 4 is 0 Å². The molecule has 0 aliphatic rings. The molecule has 0 heterocycles. The van der Waals surface area contributed by atoms with Gasteiger partial charge in [-0.1, -0.05) is 0 Å². The van der Waals surface area contributed by atoms with Gasteiger partial charge in [0.2, 0.25) is 0 Å². The highest BCUT2D eigenvalue weighted by molar-refractivity contribution is 4.56. The fourth-order valence-electron chi connectivity index (χ4n) is 0.262. The van der Waals surface area contributed by atoms with Crippen LogP contribution >= 0.6 is 0 Å². The molecule has 1 atom stereocenters. The Hall–Kier alpha value is -0.530. The molecule has 0 N–H and O–H groups in total. The van der Waals surface area contributed by atoms with Gasteiger partial charge in [-0.15, -0.1) is 0 Å². The highest BCUT2D eigenvalue weighted by Crippen LogP contribution is 2.25. The molecule has 0 rings (SSSR count). The van der Waals surface area contributed by atoms with Crippen LogP contribution in [0, 0.1) is 0 Å². The Labute approximate surface area is 62.1 Å². The summed E-state index contributed by atoms with van der Waals surface area (Å²) in [6, 6.07) is 0. The lowest BCUT2D eigenvalue weighted by atomic mass is 10.6. The molecular weight excluding hydrogens is 197 g/mol. The number of rotatable bonds is 2. The van der Waals surface area contributed by atoms with Gasteiger partial charge in [-0.2, -0.15) is 26.3 Å². The molecule has 0 saturated heterocycles. The van der Waals surface area contributed by atoms with Gasteiger partial charge in [-0.3, -0.25) is 0 Å². The number of ether oxygens (including phenoxy) is 1. The first-order valence-electron chi connectivity index (χ1n) is 2.52. The number of halogens is 7. The van der Waals surface area contributed by atoms with Crippen LogP contribution in [-0.4, -0.2) is 25.3 Å². The van der Waals surface area contributed by atoms with Gasteiger partial charge in [0, 0.05) is 0 Å². The Morgan fingerprint density at radius 3 is 1.67 bits per heavy atom. The second-order valence-corrected chi connectivity index (χ2v) is 1.78. The molecule has 12 heavy (non-hydrogen) atoms. The first kappa shape index (κ1) is 11.5. The number of hydrogen-bond acceptors (Lipinski definition) is 1. The number of hydrogen-bond donors (Lipinski definition) is 0. The molecule has 0 aromatic carbocycles. The van der Waals surface area contributed by atoms with E-state index in [4.69, 9.17) is 0 Å². The summed E-state index contributed by atoms with van der Waals surface area (Å²) in [5.41, 5.74) is 0. The number of alkyl halides is 7. The molecule has 0 fully saturated rings. The van der Waals surface area contributed by atoms with Crippen LogP contribution in [0.15, 0.2) is 0 Å². The van der Waals surface area contributed by atoms with E-state index in [1.165, 1.54) is 0 Å². The summed E-state index contributed by atoms with van der Waals surface area (Å²) in [7, 11) is 0. The molecule has 0 radical (unpaired) electrons. The predicted molar refractivity (Wildman–Crippen MR) is 23.0 cm³/mol. The van der Waals surface area contributed by atoms with Crippen molar-refractivity contribution in [2.75, 3.05) is 6.61 Å². The molecule has 0 spiro atoms. The van der Waals surface area contributed by atoms with Crippen molar-refractivity contribution in [1.82, 2.24) is 0 Å². The maximum Gasteiger partial charge on any atom is 0.445 e. The van der Waals surface area contributed by atoms with Crippen molar-refractivity contribution in [3.63, 3.8) is 0 Å². The third-order valence-electron chi connectivity index (χ3n) is 0.651. The second-order valence-electron chi connectivity index (χ2n) is 1.78. The molecular formula is C4H3F7O. The predicted octanol–water partition coefficient (Wildman–Crippen LogP) is 2.42. The molecule has 0 aromatic rings. The third-order valence-corrected chi connectivity index (χ3v) is 0.651. The molecule has 0 saturated carbocycles. The molecule has 1 unspecified atom stereocenters. The zero-order valence-electron chi connectivity index (χ0n) is 5.34. The fourth-order valence-corrected chi connectivity index (χ4v) is 0.262. The van der Waals surface area contributed by atoms with Crippen LogP contribution in [0.1, 0.15) is 0 Å². The molecule has 0 aromatic heterocycles. The standard InChI is InChI=1S/C4H3F7O/c5-2(4(9,10)11)12-1-3(6,7)8/h2H,1H2. The minimum absolute atomic E-state index is 2.26. The molecule has 0 amide bonds. The van der Waals surface area contributed by atoms with Crippen LogP contribution in [0.3, 0.4) is 0 Å². The van der Waals surface area contributed by atoms with Crippen molar-refractivity contribution < 1.29 is 35.5 Å². The molecule has 1 nitrogen and oxygen atoms in total. The third kappa shape index (κ3) is 5.16. The van der Waals surface area contributed by atoms with Crippen LogP contribution in [-0.2, 0) is 4.74 Å². The van der Waals surface area contributed by atoms with Crippen LogP contribution in [0.25, 0.3) is 0 Å². The summed E-state index contributed by atoms with van der Waals surface area (Å²) in [6.45, 7) is -2.26. The average Bonchev–Trinajstić information content (AvgIpc) is 1.78. The summed E-state index contributed by atoms with van der Waals surface area (Å²) in [6.07, 6.45) is -14.3. The average molecular weight is 200 g/mol. The molecule has 8 heteroatoms. The Balaban J connectivity index is 3.80. The Morgan fingerprint density at radius 2 is 1.42 bits per heavy atom. The summed E-state index contributed by atoms with van der Waals surface area (Å²) < 4.78 is 81.4. The lowest BCUT2D eigenvalue weighted by Crippen LogP contribution is -2.31. The Morgan fingerprint density at radius 1 is 1.00 bits per heavy atom. The van der Waals surface area contributed by atoms with Crippen LogP contribution in [0.5, 0.6) is 0 Å². The van der Waals surface area contributed by atoms with E-state index in [2.05, 4.69) is 4.74 Å². The van der Waals surface area contributed by atoms with E-state index in [1.807, 2.05) is 0 Å². The van der Waals surface area contributed by atoms with Gasteiger partial charge >= 0.3 is 12.4 Å². The van der Waals surface area contributed by atoms with Crippen LogP contribution < -0.4 is 0 Å². The van der Waals surface area contributed by atoms with Gasteiger partial charge in [0.05, 0.1) is 0 Å². The summed E-state index contributed by atoms with van der Waals surface area (Å²) in [5.74, 6) is 0. The first-order valence-corrected chi connectivity index (χ1v) is 2.52. The van der Waals surface area contributed by atoms with Crippen molar-refractivity contribution in [2.45, 2.75) is 18.7 Å². The zero-order valence-corrected chi connectivity index (χ0v) is 5.34. The molecule has 0 aliphatic carbocycles. The van der Waals surface area contributed by atoms with E-state index >= 15 is 0 Å². The van der Waals surface area contributed by atoms with E-state index in [-0.39, 0.29) is 0 Å². The molecule has 74 valence electrons. The minimum atomic E-state index is -5.41. The Kier molecular flexibility index (Phi) is 3.31. The normalized spacial score (nSPS) is 16.2. The smallest absolute Gasteiger partial charge is 0.332 e. The largest absolute Gasteiger partial charge is 0.445 e. The van der Waals surface area contributed by atoms with Gasteiger partial charge < -0.3 is 4.74 Å². The van der Waals surface area contributed by atoms with E-state index in [0.717, 1.165) is 0 Å². The van der Waals surface area contributed by atoms with Crippen molar-refractivity contribution in [1.29, 1.82) is 0 Å². The maximum absolute atomic E-state index is 11.6. The molecule has 0 aliphatic heterocycles. The summed E-state index contributed by atoms with van der Waals surface area (Å²) in [4.78, 5) is 0. The van der Waals surface area contributed by atoms with E-state index in [0.29, 0.717) is 0 Å². The van der Waals surface area contributed by atoms with Crippen LogP contribution in [0.2, 0.25) is 0 Å². The SMILES string of the molecule is FC(OCC(F)(F)F)C(F)(F)F. The highest BCUT2D eigenvalue weighted by atomic mass is 19.4. The van der Waals surface area contributed by atoms with Gasteiger partial charge in [-0.25, -0.2) is 4.39 Å². The van der Waals surface area contributed by atoms with Crippen molar-refractivity contribution in [2.24, 2.45) is 0 Å². The van der Waals surface area contributed by atoms with E-state index in [1.54, 1.807) is 0 Å². The lowest BCUT2D eigenvalue weighted by molar-refractivity contribution is -0.290. The summed E-state index contributed by atoms with van der Waals surface area (Å²) >= 11 is 0. The van der Waals surface area contributed by atoms with Gasteiger partial charge in [0.15, 0.2) is 0 Å². The van der Waals surface area contributed by atoms with Crippen LogP contribution in [0.4, 0.5) is 30.7 Å². The maximum atomic E-state index is 11.6. The fraction of sp³-hybridized carbons (Fsp3) is 1.00. The Bertz CT molecular complexity index is 135. The first-order chi connectivity index (χ1) is 5.13. The topological polar surface area (TPSA) is 9.23 Å². The van der Waals surface area contributed by atoms with Gasteiger partial charge in [0.1, 0.15) is 6.61 Å². The van der Waals surface area contributed by atoms with E-state index < -0.39 is 25.3 Å². The minimum Gasteiger partial charge on any atom is -0.332 e. The highest BCUT2D eigenvalue weighted by Gasteiger charge is 2.43. The quantitative estimate of drug-likeness (QED) is 0.622. The molecule has 0 bridgehead atoms. The van der Waals surface area contributed by atoms with E-state index in [9.17, 15) is 30.7 Å². The van der Waals surface area contributed by atoms with Crippen molar-refractivity contribution in [3.8, 4) is 0 Å². The van der Waals surface area contributed by atoms with Crippen molar-refractivity contribution in [3.05, 3.63) is 0 Å². The lowest BCUT2D eigenvalue weighted by Gasteiger charge is -2.13.